The highest BCUT2D eigenvalue weighted by Crippen LogP contribution is 2.44. The molecule has 2 aliphatic carbocycles. The molecule has 23 heavy (non-hydrogen) atoms. The van der Waals surface area contributed by atoms with Gasteiger partial charge >= 0.3 is 5.97 Å². The SMILES string of the molecule is CCOC(=O)c1cnc2c(c1NC1C[C@H]3CC[C@@H](C1)C3)N=CC2. The van der Waals surface area contributed by atoms with Crippen LogP contribution in [0.15, 0.2) is 11.2 Å². The summed E-state index contributed by atoms with van der Waals surface area (Å²) in [4.78, 5) is 21.2. The number of nitrogens with zero attached hydrogens (tertiary/aromatic N) is 2. The van der Waals surface area contributed by atoms with Gasteiger partial charge in [-0.2, -0.15) is 0 Å². The highest BCUT2D eigenvalue weighted by atomic mass is 16.5. The lowest BCUT2D eigenvalue weighted by atomic mass is 9.85. The largest absolute Gasteiger partial charge is 0.462 e. The number of esters is 1. The van der Waals surface area contributed by atoms with Crippen LogP contribution >= 0.6 is 0 Å². The van der Waals surface area contributed by atoms with Gasteiger partial charge in [-0.1, -0.05) is 12.8 Å². The van der Waals surface area contributed by atoms with E-state index in [9.17, 15) is 4.79 Å². The van der Waals surface area contributed by atoms with Crippen molar-refractivity contribution < 1.29 is 9.53 Å². The van der Waals surface area contributed by atoms with E-state index in [1.807, 2.05) is 13.1 Å². The molecular formula is C18H23N3O2. The number of hydrogen-bond donors (Lipinski definition) is 1. The van der Waals surface area contributed by atoms with Crippen LogP contribution in [0.1, 0.15) is 55.1 Å². The Balaban J connectivity index is 1.64. The van der Waals surface area contributed by atoms with Gasteiger partial charge in [0, 0.05) is 24.9 Å². The summed E-state index contributed by atoms with van der Waals surface area (Å²) in [6.07, 6.45) is 10.7. The van der Waals surface area contributed by atoms with Crippen molar-refractivity contribution >= 4 is 23.6 Å². The molecule has 3 aliphatic rings. The predicted octanol–water partition coefficient (Wildman–Crippen LogP) is 3.51. The Morgan fingerprint density at radius 3 is 2.83 bits per heavy atom. The Bertz CT molecular complexity index is 644. The molecule has 122 valence electrons. The zero-order chi connectivity index (χ0) is 15.8. The van der Waals surface area contributed by atoms with Crippen LogP contribution in [-0.2, 0) is 11.2 Å². The summed E-state index contributed by atoms with van der Waals surface area (Å²) in [5, 5.41) is 3.64. The molecule has 1 unspecified atom stereocenters. The molecule has 1 aromatic rings. The summed E-state index contributed by atoms with van der Waals surface area (Å²) in [6.45, 7) is 2.19. The van der Waals surface area contributed by atoms with Crippen molar-refractivity contribution in [3.8, 4) is 0 Å². The molecule has 2 saturated carbocycles. The molecule has 0 amide bonds. The van der Waals surface area contributed by atoms with E-state index in [2.05, 4.69) is 15.3 Å². The number of anilines is 1. The van der Waals surface area contributed by atoms with Gasteiger partial charge in [-0.05, 0) is 38.0 Å². The smallest absolute Gasteiger partial charge is 0.341 e. The molecule has 5 heteroatoms. The van der Waals surface area contributed by atoms with Gasteiger partial charge in [0.1, 0.15) is 11.3 Å². The van der Waals surface area contributed by atoms with E-state index in [1.54, 1.807) is 6.20 Å². The minimum absolute atomic E-state index is 0.314. The summed E-state index contributed by atoms with van der Waals surface area (Å²) < 4.78 is 5.20. The van der Waals surface area contributed by atoms with E-state index < -0.39 is 0 Å². The third kappa shape index (κ3) is 2.73. The van der Waals surface area contributed by atoms with E-state index in [4.69, 9.17) is 4.74 Å². The van der Waals surface area contributed by atoms with Crippen molar-refractivity contribution in [3.63, 3.8) is 0 Å². The van der Waals surface area contributed by atoms with Crippen molar-refractivity contribution in [1.82, 2.24) is 4.98 Å². The van der Waals surface area contributed by atoms with Gasteiger partial charge in [-0.3, -0.25) is 9.98 Å². The average molecular weight is 313 g/mol. The van der Waals surface area contributed by atoms with Crippen molar-refractivity contribution in [2.45, 2.75) is 51.5 Å². The molecule has 1 aliphatic heterocycles. The van der Waals surface area contributed by atoms with Gasteiger partial charge < -0.3 is 10.1 Å². The van der Waals surface area contributed by atoms with Gasteiger partial charge in [0.25, 0.3) is 0 Å². The zero-order valence-electron chi connectivity index (χ0n) is 13.5. The van der Waals surface area contributed by atoms with E-state index in [0.29, 0.717) is 18.2 Å². The third-order valence-corrected chi connectivity index (χ3v) is 5.36. The number of ether oxygens (including phenoxy) is 1. The van der Waals surface area contributed by atoms with Gasteiger partial charge in [-0.25, -0.2) is 4.79 Å². The molecule has 1 aromatic heterocycles. The lowest BCUT2D eigenvalue weighted by molar-refractivity contribution is 0.0527. The van der Waals surface area contributed by atoms with Crippen LogP contribution in [0.5, 0.6) is 0 Å². The summed E-state index contributed by atoms with van der Waals surface area (Å²) in [6, 6.07) is 0.428. The number of aromatic nitrogens is 1. The fourth-order valence-corrected chi connectivity index (χ4v) is 4.39. The van der Waals surface area contributed by atoms with E-state index in [-0.39, 0.29) is 5.97 Å². The van der Waals surface area contributed by atoms with Gasteiger partial charge in [-0.15, -0.1) is 0 Å². The van der Waals surface area contributed by atoms with Crippen LogP contribution in [0.2, 0.25) is 0 Å². The van der Waals surface area contributed by atoms with Crippen molar-refractivity contribution in [3.05, 3.63) is 17.5 Å². The van der Waals surface area contributed by atoms with Crippen LogP contribution in [0.25, 0.3) is 0 Å². The first kappa shape index (κ1) is 14.7. The Kier molecular flexibility index (Phi) is 3.79. The van der Waals surface area contributed by atoms with Crippen molar-refractivity contribution in [1.29, 1.82) is 0 Å². The normalized spacial score (nSPS) is 27.8. The number of carbonyl (C=O) groups excluding carboxylic acids is 1. The van der Waals surface area contributed by atoms with Crippen molar-refractivity contribution in [2.75, 3.05) is 11.9 Å². The summed E-state index contributed by atoms with van der Waals surface area (Å²) in [5.74, 6) is 1.37. The van der Waals surface area contributed by atoms with E-state index in [0.717, 1.165) is 35.3 Å². The van der Waals surface area contributed by atoms with Crippen molar-refractivity contribution in [2.24, 2.45) is 16.8 Å². The van der Waals surface area contributed by atoms with Crippen LogP contribution in [-0.4, -0.2) is 29.8 Å². The predicted molar refractivity (Wildman–Crippen MR) is 89.5 cm³/mol. The van der Waals surface area contributed by atoms with Gasteiger partial charge in [0.05, 0.1) is 18.0 Å². The van der Waals surface area contributed by atoms with Crippen LogP contribution in [0.3, 0.4) is 0 Å². The van der Waals surface area contributed by atoms with Gasteiger partial charge in [0.15, 0.2) is 0 Å². The Labute approximate surface area is 136 Å². The quantitative estimate of drug-likeness (QED) is 0.864. The fourth-order valence-electron chi connectivity index (χ4n) is 4.39. The second-order valence-electron chi connectivity index (χ2n) is 6.94. The molecular weight excluding hydrogens is 290 g/mol. The molecule has 5 nitrogen and oxygen atoms in total. The number of rotatable bonds is 4. The highest BCUT2D eigenvalue weighted by molar-refractivity contribution is 6.00. The first-order chi connectivity index (χ1) is 11.2. The standard InChI is InChI=1S/C18H23N3O2/c1-2-23-18(22)14-10-20-15-5-6-19-17(15)16(14)21-13-8-11-3-4-12(7-11)9-13/h6,10-13H,2-5,7-9H2,1H3,(H,20,21)/t11-,12+,13?. The Morgan fingerprint density at radius 1 is 1.30 bits per heavy atom. The Morgan fingerprint density at radius 2 is 2.09 bits per heavy atom. The second-order valence-corrected chi connectivity index (χ2v) is 6.94. The molecule has 3 atom stereocenters. The minimum atomic E-state index is -0.314. The molecule has 2 fully saturated rings. The number of fused-ring (bicyclic) bond motifs is 3. The maximum Gasteiger partial charge on any atom is 0.341 e. The molecule has 0 radical (unpaired) electrons. The molecule has 0 spiro atoms. The molecule has 2 bridgehead atoms. The molecule has 1 N–H and O–H groups in total. The first-order valence-electron chi connectivity index (χ1n) is 8.72. The number of carbonyl (C=O) groups is 1. The number of hydrogen-bond acceptors (Lipinski definition) is 5. The monoisotopic (exact) mass is 313 g/mol. The van der Waals surface area contributed by atoms with E-state index in [1.165, 1.54) is 32.1 Å². The zero-order valence-corrected chi connectivity index (χ0v) is 13.5. The lowest BCUT2D eigenvalue weighted by Crippen LogP contribution is -2.29. The lowest BCUT2D eigenvalue weighted by Gasteiger charge is -2.30. The second kappa shape index (κ2) is 5.95. The molecule has 0 aromatic carbocycles. The third-order valence-electron chi connectivity index (χ3n) is 5.36. The van der Waals surface area contributed by atoms with Crippen LogP contribution < -0.4 is 5.32 Å². The maximum atomic E-state index is 12.3. The maximum absolute atomic E-state index is 12.3. The van der Waals surface area contributed by atoms with Crippen LogP contribution in [0.4, 0.5) is 11.4 Å². The molecule has 2 heterocycles. The molecule has 4 rings (SSSR count). The topological polar surface area (TPSA) is 63.6 Å². The summed E-state index contributed by atoms with van der Waals surface area (Å²) >= 11 is 0. The first-order valence-corrected chi connectivity index (χ1v) is 8.72. The summed E-state index contributed by atoms with van der Waals surface area (Å²) in [5.41, 5.74) is 3.11. The highest BCUT2D eigenvalue weighted by Gasteiger charge is 2.35. The number of aliphatic imine (C=N–C) groups is 1. The number of nitrogens with one attached hydrogen (secondary N) is 1. The molecule has 0 saturated heterocycles. The van der Waals surface area contributed by atoms with E-state index >= 15 is 0 Å². The fraction of sp³-hybridized carbons (Fsp3) is 0.611. The van der Waals surface area contributed by atoms with Gasteiger partial charge in [0.2, 0.25) is 0 Å². The average Bonchev–Trinajstić information content (AvgIpc) is 3.14. The minimum Gasteiger partial charge on any atom is -0.462 e. The Hall–Kier alpha value is -1.91. The summed E-state index contributed by atoms with van der Waals surface area (Å²) in [7, 11) is 0. The van der Waals surface area contributed by atoms with Crippen LogP contribution in [0, 0.1) is 11.8 Å². The number of pyridine rings is 1.